The molecule has 1 saturated carbocycles. The number of rotatable bonds is 4. The molecule has 0 heterocycles. The number of nitro benzene ring substituents is 1. The molecule has 0 aliphatic heterocycles. The van der Waals surface area contributed by atoms with Gasteiger partial charge in [-0.1, -0.05) is 35.3 Å². The van der Waals surface area contributed by atoms with Crippen molar-refractivity contribution in [3.8, 4) is 0 Å². The van der Waals surface area contributed by atoms with Crippen molar-refractivity contribution in [1.29, 1.82) is 0 Å². The molecule has 96 valence electrons. The van der Waals surface area contributed by atoms with Gasteiger partial charge in [0.05, 0.1) is 4.92 Å². The van der Waals surface area contributed by atoms with Crippen molar-refractivity contribution in [3.05, 3.63) is 39.9 Å². The second kappa shape index (κ2) is 5.35. The molecule has 1 N–H and O–H groups in total. The van der Waals surface area contributed by atoms with Gasteiger partial charge in [-0.15, -0.1) is 0 Å². The monoisotopic (exact) mass is 268 g/mol. The van der Waals surface area contributed by atoms with E-state index < -0.39 is 4.92 Å². The lowest BCUT2D eigenvalue weighted by Crippen LogP contribution is -2.24. The van der Waals surface area contributed by atoms with Gasteiger partial charge in [0.2, 0.25) is 0 Å². The van der Waals surface area contributed by atoms with Crippen LogP contribution in [-0.4, -0.2) is 15.3 Å². The van der Waals surface area contributed by atoms with Crippen molar-refractivity contribution < 1.29 is 10.1 Å². The van der Waals surface area contributed by atoms with Gasteiger partial charge in [0, 0.05) is 18.1 Å². The molecule has 1 aliphatic carbocycles. The highest BCUT2D eigenvalue weighted by Crippen LogP contribution is 2.41. The van der Waals surface area contributed by atoms with E-state index in [0.29, 0.717) is 5.92 Å². The normalized spacial score (nSPS) is 18.2. The molecular formula is C12H13ClN2O3. The van der Waals surface area contributed by atoms with Crippen molar-refractivity contribution in [3.63, 3.8) is 0 Å². The zero-order chi connectivity index (χ0) is 13.1. The molecule has 1 unspecified atom stereocenters. The van der Waals surface area contributed by atoms with Crippen LogP contribution in [0, 0.1) is 16.0 Å². The molecule has 0 amide bonds. The van der Waals surface area contributed by atoms with Crippen molar-refractivity contribution in [1.82, 2.24) is 0 Å². The molecule has 1 aliphatic rings. The van der Waals surface area contributed by atoms with Gasteiger partial charge in [-0.25, -0.2) is 0 Å². The van der Waals surface area contributed by atoms with Gasteiger partial charge in [-0.3, -0.25) is 10.1 Å². The summed E-state index contributed by atoms with van der Waals surface area (Å²) in [7, 11) is 0. The number of hydrogen-bond acceptors (Lipinski definition) is 4. The Bertz CT molecular complexity index is 486. The summed E-state index contributed by atoms with van der Waals surface area (Å²) in [5, 5.41) is 22.7. The fraction of sp³-hybridized carbons (Fsp3) is 0.417. The third kappa shape index (κ3) is 2.46. The van der Waals surface area contributed by atoms with E-state index in [1.165, 1.54) is 12.1 Å². The van der Waals surface area contributed by atoms with Crippen molar-refractivity contribution in [2.45, 2.75) is 25.2 Å². The minimum absolute atomic E-state index is 0.0271. The van der Waals surface area contributed by atoms with Crippen molar-refractivity contribution >= 4 is 22.5 Å². The van der Waals surface area contributed by atoms with Crippen LogP contribution in [-0.2, 0) is 0 Å². The maximum absolute atomic E-state index is 10.8. The van der Waals surface area contributed by atoms with Crippen molar-refractivity contribution in [2.75, 3.05) is 0 Å². The van der Waals surface area contributed by atoms with Crippen LogP contribution in [0.15, 0.2) is 29.4 Å². The van der Waals surface area contributed by atoms with Crippen LogP contribution in [0.2, 0.25) is 0 Å². The van der Waals surface area contributed by atoms with Gasteiger partial charge in [-0.2, -0.15) is 0 Å². The van der Waals surface area contributed by atoms with E-state index in [0.717, 1.165) is 24.8 Å². The van der Waals surface area contributed by atoms with Gasteiger partial charge in [0.15, 0.2) is 5.17 Å². The predicted octanol–water partition coefficient (Wildman–Crippen LogP) is 3.51. The zero-order valence-electron chi connectivity index (χ0n) is 9.62. The SMILES string of the molecule is O=[N+]([O-])c1cccc(C(/C(Cl)=N/O)C2CCC2)c1. The molecule has 0 radical (unpaired) electrons. The highest BCUT2D eigenvalue weighted by Gasteiger charge is 2.32. The van der Waals surface area contributed by atoms with Crippen molar-refractivity contribution in [2.24, 2.45) is 11.1 Å². The first-order valence-electron chi connectivity index (χ1n) is 5.75. The molecular weight excluding hydrogens is 256 g/mol. The maximum atomic E-state index is 10.8. The van der Waals surface area contributed by atoms with Crippen LogP contribution in [0.1, 0.15) is 30.7 Å². The summed E-state index contributed by atoms with van der Waals surface area (Å²) in [6.07, 6.45) is 3.11. The molecule has 0 spiro atoms. The molecule has 1 atom stereocenters. The van der Waals surface area contributed by atoms with Crippen LogP contribution < -0.4 is 0 Å². The van der Waals surface area contributed by atoms with Gasteiger partial charge < -0.3 is 5.21 Å². The Balaban J connectivity index is 2.35. The number of hydrogen-bond donors (Lipinski definition) is 1. The molecule has 0 saturated heterocycles. The Labute approximate surface area is 109 Å². The first-order chi connectivity index (χ1) is 8.63. The number of nitro groups is 1. The summed E-state index contributed by atoms with van der Waals surface area (Å²) in [6.45, 7) is 0. The largest absolute Gasteiger partial charge is 0.410 e. The van der Waals surface area contributed by atoms with Gasteiger partial charge in [0.1, 0.15) is 0 Å². The van der Waals surface area contributed by atoms with E-state index in [1.807, 2.05) is 0 Å². The molecule has 5 nitrogen and oxygen atoms in total. The summed E-state index contributed by atoms with van der Waals surface area (Å²) in [5.41, 5.74) is 0.760. The molecule has 0 bridgehead atoms. The molecule has 6 heteroatoms. The average molecular weight is 269 g/mol. The Kier molecular flexibility index (Phi) is 3.81. The summed E-state index contributed by atoms with van der Waals surface area (Å²) in [6, 6.07) is 6.34. The highest BCUT2D eigenvalue weighted by atomic mass is 35.5. The Morgan fingerprint density at radius 2 is 2.28 bits per heavy atom. The first kappa shape index (κ1) is 12.8. The summed E-state index contributed by atoms with van der Waals surface area (Å²) < 4.78 is 0. The van der Waals surface area contributed by atoms with E-state index in [2.05, 4.69) is 5.16 Å². The lowest BCUT2D eigenvalue weighted by Gasteiger charge is -2.32. The van der Waals surface area contributed by atoms with E-state index in [-0.39, 0.29) is 16.8 Å². The third-order valence-electron chi connectivity index (χ3n) is 3.41. The molecule has 0 aromatic heterocycles. The van der Waals surface area contributed by atoms with E-state index in [1.54, 1.807) is 12.1 Å². The van der Waals surface area contributed by atoms with Gasteiger partial charge in [-0.05, 0) is 24.3 Å². The molecule has 1 aromatic rings. The number of nitrogens with zero attached hydrogens (tertiary/aromatic N) is 2. The number of benzene rings is 1. The third-order valence-corrected chi connectivity index (χ3v) is 3.72. The number of non-ortho nitro benzene ring substituents is 1. The average Bonchev–Trinajstić information content (AvgIpc) is 2.32. The summed E-state index contributed by atoms with van der Waals surface area (Å²) in [4.78, 5) is 10.3. The van der Waals surface area contributed by atoms with Crippen LogP contribution in [0.25, 0.3) is 0 Å². The minimum atomic E-state index is -0.439. The Morgan fingerprint density at radius 1 is 1.56 bits per heavy atom. The second-order valence-corrected chi connectivity index (χ2v) is 4.83. The van der Waals surface area contributed by atoms with E-state index in [4.69, 9.17) is 16.8 Å². The zero-order valence-corrected chi connectivity index (χ0v) is 10.4. The number of halogens is 1. The van der Waals surface area contributed by atoms with Gasteiger partial charge >= 0.3 is 0 Å². The van der Waals surface area contributed by atoms with Crippen LogP contribution in [0.3, 0.4) is 0 Å². The lowest BCUT2D eigenvalue weighted by atomic mass is 9.73. The van der Waals surface area contributed by atoms with E-state index in [9.17, 15) is 10.1 Å². The number of oxime groups is 1. The van der Waals surface area contributed by atoms with Gasteiger partial charge in [0.25, 0.3) is 5.69 Å². The van der Waals surface area contributed by atoms with Crippen LogP contribution in [0.4, 0.5) is 5.69 Å². The highest BCUT2D eigenvalue weighted by molar-refractivity contribution is 6.66. The fourth-order valence-corrected chi connectivity index (χ4v) is 2.58. The topological polar surface area (TPSA) is 75.7 Å². The molecule has 1 fully saturated rings. The first-order valence-corrected chi connectivity index (χ1v) is 6.13. The second-order valence-electron chi connectivity index (χ2n) is 4.44. The van der Waals surface area contributed by atoms with E-state index >= 15 is 0 Å². The van der Waals surface area contributed by atoms with Crippen LogP contribution in [0.5, 0.6) is 0 Å². The standard InChI is InChI=1S/C12H13ClN2O3/c13-12(14-16)11(8-3-1-4-8)9-5-2-6-10(7-9)15(17)18/h2,5-8,11,16H,1,3-4H2/b14-12-. The quantitative estimate of drug-likeness (QED) is 0.393. The molecule has 1 aromatic carbocycles. The Hall–Kier alpha value is -1.62. The minimum Gasteiger partial charge on any atom is -0.410 e. The summed E-state index contributed by atoms with van der Waals surface area (Å²) >= 11 is 5.94. The smallest absolute Gasteiger partial charge is 0.269 e. The lowest BCUT2D eigenvalue weighted by molar-refractivity contribution is -0.384. The van der Waals surface area contributed by atoms with Crippen LogP contribution >= 0.6 is 11.6 Å². The summed E-state index contributed by atoms with van der Waals surface area (Å²) in [5.74, 6) is 0.0562. The predicted molar refractivity (Wildman–Crippen MR) is 68.3 cm³/mol. The maximum Gasteiger partial charge on any atom is 0.269 e. The Morgan fingerprint density at radius 3 is 2.78 bits per heavy atom. The molecule has 2 rings (SSSR count). The fourth-order valence-electron chi connectivity index (χ4n) is 2.27. The molecule has 18 heavy (non-hydrogen) atoms.